The Balaban J connectivity index is 2.26. The molecule has 17 heavy (non-hydrogen) atoms. The molecule has 0 radical (unpaired) electrons. The number of likely N-dealkylation sites (N-methyl/N-ethyl adjacent to an activating group) is 1. The molecule has 0 bridgehead atoms. The molecule has 5 heteroatoms. The molecule has 0 spiro atoms. The maximum Gasteiger partial charge on any atom is 0.166 e. The Morgan fingerprint density at radius 3 is 2.65 bits per heavy atom. The topological polar surface area (TPSA) is 27.3 Å². The first-order valence-electron chi connectivity index (χ1n) is 5.49. The zero-order valence-corrected chi connectivity index (χ0v) is 11.0. The molecule has 0 saturated heterocycles. The molecule has 0 aromatic heterocycles. The Labute approximate surface area is 107 Å². The monoisotopic (exact) mass is 255 g/mol. The molecule has 1 aromatic carbocycles. The van der Waals surface area contributed by atoms with Crippen LogP contribution in [0.4, 0.5) is 4.39 Å². The lowest BCUT2D eigenvalue weighted by atomic mass is 10.2. The van der Waals surface area contributed by atoms with Crippen molar-refractivity contribution in [2.45, 2.75) is 6.54 Å². The maximum atomic E-state index is 13.3. The standard InChI is InChI=1S/C12H18FN3S/c1-16(2)8-7-14-12(17)15-9-10-5-3-4-6-11(10)13/h3-6H,7-9H2,1-2H3,(H2,14,15,17). The third kappa shape index (κ3) is 5.60. The van der Waals surface area contributed by atoms with Gasteiger partial charge in [0.25, 0.3) is 0 Å². The summed E-state index contributed by atoms with van der Waals surface area (Å²) in [6.45, 7) is 2.08. The highest BCUT2D eigenvalue weighted by Gasteiger charge is 2.01. The second-order valence-electron chi connectivity index (χ2n) is 4.00. The van der Waals surface area contributed by atoms with Gasteiger partial charge in [-0.2, -0.15) is 0 Å². The van der Waals surface area contributed by atoms with Crippen molar-refractivity contribution in [2.24, 2.45) is 0 Å². The van der Waals surface area contributed by atoms with Crippen LogP contribution in [0.15, 0.2) is 24.3 Å². The lowest BCUT2D eigenvalue weighted by Crippen LogP contribution is -2.38. The summed E-state index contributed by atoms with van der Waals surface area (Å²) in [5.74, 6) is -0.212. The first kappa shape index (κ1) is 13.9. The van der Waals surface area contributed by atoms with Gasteiger partial charge in [-0.1, -0.05) is 18.2 Å². The second kappa shape index (κ2) is 7.19. The fourth-order valence-electron chi connectivity index (χ4n) is 1.27. The number of halogens is 1. The molecule has 0 atom stereocenters. The van der Waals surface area contributed by atoms with Crippen LogP contribution < -0.4 is 10.6 Å². The van der Waals surface area contributed by atoms with Gasteiger partial charge in [-0.05, 0) is 32.4 Å². The predicted octanol–water partition coefficient (Wildman–Crippen LogP) is 1.35. The van der Waals surface area contributed by atoms with E-state index in [1.165, 1.54) is 6.07 Å². The lowest BCUT2D eigenvalue weighted by Gasteiger charge is -2.13. The second-order valence-corrected chi connectivity index (χ2v) is 4.41. The van der Waals surface area contributed by atoms with Gasteiger partial charge in [-0.3, -0.25) is 0 Å². The van der Waals surface area contributed by atoms with Gasteiger partial charge in [-0.15, -0.1) is 0 Å². The Morgan fingerprint density at radius 2 is 2.00 bits per heavy atom. The molecule has 0 heterocycles. The van der Waals surface area contributed by atoms with Crippen LogP contribution in [0.1, 0.15) is 5.56 Å². The molecule has 0 unspecified atom stereocenters. The normalized spacial score (nSPS) is 10.4. The van der Waals surface area contributed by atoms with Crippen LogP contribution in [-0.4, -0.2) is 37.2 Å². The van der Waals surface area contributed by atoms with Gasteiger partial charge in [-0.25, -0.2) is 4.39 Å². The van der Waals surface area contributed by atoms with Crippen LogP contribution in [0.3, 0.4) is 0 Å². The van der Waals surface area contributed by atoms with Gasteiger partial charge in [0.15, 0.2) is 5.11 Å². The molecule has 3 nitrogen and oxygen atoms in total. The average Bonchev–Trinajstić information content (AvgIpc) is 2.27. The van der Waals surface area contributed by atoms with Gasteiger partial charge < -0.3 is 15.5 Å². The van der Waals surface area contributed by atoms with Crippen molar-refractivity contribution in [3.63, 3.8) is 0 Å². The Kier molecular flexibility index (Phi) is 5.86. The molecule has 1 rings (SSSR count). The maximum absolute atomic E-state index is 13.3. The fourth-order valence-corrected chi connectivity index (χ4v) is 1.45. The van der Waals surface area contributed by atoms with E-state index in [0.29, 0.717) is 17.2 Å². The Morgan fingerprint density at radius 1 is 1.29 bits per heavy atom. The van der Waals surface area contributed by atoms with E-state index in [2.05, 4.69) is 15.5 Å². The minimum absolute atomic E-state index is 0.212. The van der Waals surface area contributed by atoms with E-state index >= 15 is 0 Å². The van der Waals surface area contributed by atoms with Gasteiger partial charge in [0.05, 0.1) is 0 Å². The predicted molar refractivity (Wildman–Crippen MR) is 72.4 cm³/mol. The van der Waals surface area contributed by atoms with E-state index in [0.717, 1.165) is 13.1 Å². The number of nitrogens with one attached hydrogen (secondary N) is 2. The number of hydrogen-bond donors (Lipinski definition) is 2. The van der Waals surface area contributed by atoms with Crippen LogP contribution in [0.2, 0.25) is 0 Å². The highest BCUT2D eigenvalue weighted by Crippen LogP contribution is 2.05. The highest BCUT2D eigenvalue weighted by molar-refractivity contribution is 7.80. The van der Waals surface area contributed by atoms with Gasteiger partial charge in [0.1, 0.15) is 5.82 Å². The van der Waals surface area contributed by atoms with Crippen molar-refractivity contribution >= 4 is 17.3 Å². The molecular weight excluding hydrogens is 237 g/mol. The molecule has 0 amide bonds. The number of benzene rings is 1. The average molecular weight is 255 g/mol. The van der Waals surface area contributed by atoms with Crippen LogP contribution in [0, 0.1) is 5.82 Å². The molecule has 0 aliphatic carbocycles. The molecule has 0 saturated carbocycles. The first-order valence-corrected chi connectivity index (χ1v) is 5.90. The van der Waals surface area contributed by atoms with E-state index in [4.69, 9.17) is 12.2 Å². The van der Waals surface area contributed by atoms with E-state index < -0.39 is 0 Å². The van der Waals surface area contributed by atoms with E-state index in [1.807, 2.05) is 20.2 Å². The minimum Gasteiger partial charge on any atom is -0.361 e. The van der Waals surface area contributed by atoms with Crippen LogP contribution in [-0.2, 0) is 6.54 Å². The molecule has 1 aromatic rings. The number of nitrogens with zero attached hydrogens (tertiary/aromatic N) is 1. The van der Waals surface area contributed by atoms with Gasteiger partial charge in [0.2, 0.25) is 0 Å². The van der Waals surface area contributed by atoms with Crippen molar-refractivity contribution in [1.29, 1.82) is 0 Å². The summed E-state index contributed by atoms with van der Waals surface area (Å²) < 4.78 is 13.3. The smallest absolute Gasteiger partial charge is 0.166 e. The zero-order chi connectivity index (χ0) is 12.7. The third-order valence-corrected chi connectivity index (χ3v) is 2.53. The van der Waals surface area contributed by atoms with Gasteiger partial charge >= 0.3 is 0 Å². The summed E-state index contributed by atoms with van der Waals surface area (Å²) in [5, 5.41) is 6.59. The van der Waals surface area contributed by atoms with Crippen molar-refractivity contribution < 1.29 is 4.39 Å². The quantitative estimate of drug-likeness (QED) is 0.777. The SMILES string of the molecule is CN(C)CCNC(=S)NCc1ccccc1F. The Bertz CT molecular complexity index is 369. The van der Waals surface area contributed by atoms with E-state index in [1.54, 1.807) is 12.1 Å². The van der Waals surface area contributed by atoms with Crippen LogP contribution in [0.25, 0.3) is 0 Å². The Hall–Kier alpha value is -1.20. The van der Waals surface area contributed by atoms with E-state index in [9.17, 15) is 4.39 Å². The molecule has 94 valence electrons. The highest BCUT2D eigenvalue weighted by atomic mass is 32.1. The molecule has 0 aliphatic rings. The van der Waals surface area contributed by atoms with Crippen molar-refractivity contribution in [3.05, 3.63) is 35.6 Å². The fraction of sp³-hybridized carbons (Fsp3) is 0.417. The number of hydrogen-bond acceptors (Lipinski definition) is 2. The van der Waals surface area contributed by atoms with Crippen LogP contribution in [0.5, 0.6) is 0 Å². The molecule has 2 N–H and O–H groups in total. The van der Waals surface area contributed by atoms with Crippen molar-refractivity contribution in [2.75, 3.05) is 27.2 Å². The summed E-state index contributed by atoms with van der Waals surface area (Å²) in [7, 11) is 4.00. The number of thiocarbonyl (C=S) groups is 1. The van der Waals surface area contributed by atoms with E-state index in [-0.39, 0.29) is 5.82 Å². The minimum atomic E-state index is -0.212. The zero-order valence-electron chi connectivity index (χ0n) is 10.2. The first-order chi connectivity index (χ1) is 8.09. The largest absolute Gasteiger partial charge is 0.361 e. The van der Waals surface area contributed by atoms with Gasteiger partial charge in [0, 0.05) is 25.2 Å². The lowest BCUT2D eigenvalue weighted by molar-refractivity contribution is 0.412. The summed E-state index contributed by atoms with van der Waals surface area (Å²) in [5.41, 5.74) is 0.615. The summed E-state index contributed by atoms with van der Waals surface area (Å²) in [4.78, 5) is 2.06. The summed E-state index contributed by atoms with van der Waals surface area (Å²) in [6.07, 6.45) is 0. The summed E-state index contributed by atoms with van der Waals surface area (Å²) in [6, 6.07) is 6.67. The molecule has 0 aliphatic heterocycles. The number of rotatable bonds is 5. The third-order valence-electron chi connectivity index (χ3n) is 2.24. The molecular formula is C12H18FN3S. The van der Waals surface area contributed by atoms with Crippen LogP contribution >= 0.6 is 12.2 Å². The van der Waals surface area contributed by atoms with Crippen molar-refractivity contribution in [1.82, 2.24) is 15.5 Å². The van der Waals surface area contributed by atoms with Crippen molar-refractivity contribution in [3.8, 4) is 0 Å². The molecule has 0 fully saturated rings. The summed E-state index contributed by atoms with van der Waals surface area (Å²) >= 11 is 5.09.